The molecule has 0 unspecified atom stereocenters. The monoisotopic (exact) mass is 223 g/mol. The maximum Gasteiger partial charge on any atom is 0.248 e. The van der Waals surface area contributed by atoms with Crippen molar-refractivity contribution in [2.24, 2.45) is 0 Å². The van der Waals surface area contributed by atoms with Crippen molar-refractivity contribution in [3.8, 4) is 0 Å². The van der Waals surface area contributed by atoms with Gasteiger partial charge in [-0.2, -0.15) is 0 Å². The molecule has 0 spiro atoms. The van der Waals surface area contributed by atoms with Crippen LogP contribution in [0.1, 0.15) is 0 Å². The van der Waals surface area contributed by atoms with E-state index in [1.54, 1.807) is 11.7 Å². The highest BCUT2D eigenvalue weighted by Gasteiger charge is 2.08. The molecule has 0 saturated heterocycles. The van der Waals surface area contributed by atoms with Crippen molar-refractivity contribution in [3.63, 3.8) is 0 Å². The molecule has 4 nitrogen and oxygen atoms in total. The number of thioether (sulfide) groups is 1. The Balaban J connectivity index is 2.45. The van der Waals surface area contributed by atoms with Crippen molar-refractivity contribution < 1.29 is 13.5 Å². The van der Waals surface area contributed by atoms with Gasteiger partial charge in [-0.3, -0.25) is 0 Å². The lowest BCUT2D eigenvalue weighted by Gasteiger charge is -2.04. The summed E-state index contributed by atoms with van der Waals surface area (Å²) >= 11 is 0.996. The molecular formula is C7H11F2N3OS. The van der Waals surface area contributed by atoms with Crippen LogP contribution in [0.2, 0.25) is 0 Å². The Morgan fingerprint density at radius 3 is 3.07 bits per heavy atom. The number of methoxy groups -OCH3 is 1. The molecule has 14 heavy (non-hydrogen) atoms. The fourth-order valence-electron chi connectivity index (χ4n) is 0.837. The van der Waals surface area contributed by atoms with E-state index in [1.807, 2.05) is 0 Å². The van der Waals surface area contributed by atoms with Gasteiger partial charge < -0.3 is 9.30 Å². The van der Waals surface area contributed by atoms with Crippen LogP contribution in [0.3, 0.4) is 0 Å². The molecule has 80 valence electrons. The Labute approximate surface area is 84.7 Å². The summed E-state index contributed by atoms with van der Waals surface area (Å²) in [5.41, 5.74) is 0. The maximum absolute atomic E-state index is 11.9. The summed E-state index contributed by atoms with van der Waals surface area (Å²) in [6, 6.07) is 0. The molecule has 0 aromatic carbocycles. The summed E-state index contributed by atoms with van der Waals surface area (Å²) in [6.07, 6.45) is -0.820. The second-order valence-corrected chi connectivity index (χ2v) is 3.49. The number of aromatic nitrogens is 3. The summed E-state index contributed by atoms with van der Waals surface area (Å²) in [5.74, 6) is -0.258. The molecule has 0 atom stereocenters. The maximum atomic E-state index is 11.9. The van der Waals surface area contributed by atoms with Crippen molar-refractivity contribution in [1.82, 2.24) is 14.8 Å². The summed E-state index contributed by atoms with van der Waals surface area (Å²) < 4.78 is 30.4. The third-order valence-corrected chi connectivity index (χ3v) is 2.45. The number of rotatable bonds is 6. The second kappa shape index (κ2) is 5.92. The van der Waals surface area contributed by atoms with Crippen LogP contribution in [-0.4, -0.2) is 40.7 Å². The van der Waals surface area contributed by atoms with E-state index >= 15 is 0 Å². The molecule has 0 saturated carbocycles. The van der Waals surface area contributed by atoms with Crippen LogP contribution >= 0.6 is 11.8 Å². The van der Waals surface area contributed by atoms with Gasteiger partial charge in [0.15, 0.2) is 5.16 Å². The summed E-state index contributed by atoms with van der Waals surface area (Å²) in [4.78, 5) is 0. The van der Waals surface area contributed by atoms with Crippen molar-refractivity contribution in [2.45, 2.75) is 18.1 Å². The largest absolute Gasteiger partial charge is 0.383 e. The van der Waals surface area contributed by atoms with Crippen molar-refractivity contribution in [3.05, 3.63) is 6.33 Å². The first kappa shape index (κ1) is 11.4. The van der Waals surface area contributed by atoms with Gasteiger partial charge in [-0.25, -0.2) is 8.78 Å². The number of hydrogen-bond acceptors (Lipinski definition) is 4. The quantitative estimate of drug-likeness (QED) is 0.681. The molecule has 0 amide bonds. The van der Waals surface area contributed by atoms with Crippen LogP contribution in [0.4, 0.5) is 8.78 Å². The van der Waals surface area contributed by atoms with E-state index in [-0.39, 0.29) is 5.75 Å². The highest BCUT2D eigenvalue weighted by atomic mass is 32.2. The molecular weight excluding hydrogens is 212 g/mol. The lowest BCUT2D eigenvalue weighted by molar-refractivity contribution is 0.176. The summed E-state index contributed by atoms with van der Waals surface area (Å²) in [7, 11) is 1.58. The molecule has 0 fully saturated rings. The zero-order valence-electron chi connectivity index (χ0n) is 7.69. The van der Waals surface area contributed by atoms with Gasteiger partial charge in [0.05, 0.1) is 12.4 Å². The zero-order valence-corrected chi connectivity index (χ0v) is 8.51. The molecule has 0 bridgehead atoms. The van der Waals surface area contributed by atoms with Crippen LogP contribution < -0.4 is 0 Å². The van der Waals surface area contributed by atoms with Crippen LogP contribution in [0, 0.1) is 0 Å². The topological polar surface area (TPSA) is 39.9 Å². The number of alkyl halides is 2. The smallest absolute Gasteiger partial charge is 0.248 e. The third kappa shape index (κ3) is 3.59. The predicted molar refractivity (Wildman–Crippen MR) is 48.6 cm³/mol. The van der Waals surface area contributed by atoms with Crippen molar-refractivity contribution >= 4 is 11.8 Å². The van der Waals surface area contributed by atoms with E-state index in [9.17, 15) is 8.78 Å². The standard InChI is InChI=1S/C7H11F2N3OS/c1-13-3-2-12-5-10-11-7(12)14-4-6(8)9/h5-6H,2-4H2,1H3. The highest BCUT2D eigenvalue weighted by Crippen LogP contribution is 2.17. The van der Waals surface area contributed by atoms with Crippen LogP contribution in [0.5, 0.6) is 0 Å². The molecule has 0 N–H and O–H groups in total. The van der Waals surface area contributed by atoms with Gasteiger partial charge in [0.25, 0.3) is 0 Å². The number of halogens is 2. The van der Waals surface area contributed by atoms with E-state index in [1.165, 1.54) is 6.33 Å². The molecule has 0 radical (unpaired) electrons. The van der Waals surface area contributed by atoms with E-state index in [4.69, 9.17) is 4.74 Å². The number of hydrogen-bond donors (Lipinski definition) is 0. The molecule has 0 aliphatic carbocycles. The molecule has 1 aromatic heterocycles. The van der Waals surface area contributed by atoms with E-state index in [2.05, 4.69) is 10.2 Å². The Morgan fingerprint density at radius 1 is 1.64 bits per heavy atom. The van der Waals surface area contributed by atoms with Gasteiger partial charge in [0.1, 0.15) is 6.33 Å². The van der Waals surface area contributed by atoms with Crippen LogP contribution in [0.25, 0.3) is 0 Å². The lowest BCUT2D eigenvalue weighted by Crippen LogP contribution is -2.05. The fraction of sp³-hybridized carbons (Fsp3) is 0.714. The highest BCUT2D eigenvalue weighted by molar-refractivity contribution is 7.99. The fourth-order valence-corrected chi connectivity index (χ4v) is 1.52. The van der Waals surface area contributed by atoms with Gasteiger partial charge >= 0.3 is 0 Å². The normalized spacial score (nSPS) is 11.1. The predicted octanol–water partition coefficient (Wildman–Crippen LogP) is 1.28. The third-order valence-electron chi connectivity index (χ3n) is 1.45. The Hall–Kier alpha value is -0.690. The summed E-state index contributed by atoms with van der Waals surface area (Å²) in [5, 5.41) is 7.87. The van der Waals surface area contributed by atoms with Gasteiger partial charge in [-0.05, 0) is 0 Å². The number of nitrogens with zero attached hydrogens (tertiary/aromatic N) is 3. The molecule has 0 aliphatic heterocycles. The van der Waals surface area contributed by atoms with Gasteiger partial charge in [-0.1, -0.05) is 11.8 Å². The SMILES string of the molecule is COCCn1cnnc1SCC(F)F. The Bertz CT molecular complexity index is 269. The van der Waals surface area contributed by atoms with E-state index < -0.39 is 6.43 Å². The minimum Gasteiger partial charge on any atom is -0.383 e. The first-order valence-corrected chi connectivity index (χ1v) is 5.00. The Morgan fingerprint density at radius 2 is 2.43 bits per heavy atom. The first-order valence-electron chi connectivity index (χ1n) is 4.01. The van der Waals surface area contributed by atoms with E-state index in [0.717, 1.165) is 11.8 Å². The average molecular weight is 223 g/mol. The summed E-state index contributed by atoms with van der Waals surface area (Å²) in [6.45, 7) is 1.09. The minimum absolute atomic E-state index is 0.258. The van der Waals surface area contributed by atoms with Gasteiger partial charge in [0, 0.05) is 13.7 Å². The molecule has 0 aliphatic rings. The molecule has 1 heterocycles. The second-order valence-electron chi connectivity index (χ2n) is 2.50. The Kier molecular flexibility index (Phi) is 4.81. The van der Waals surface area contributed by atoms with Crippen molar-refractivity contribution in [2.75, 3.05) is 19.5 Å². The van der Waals surface area contributed by atoms with E-state index in [0.29, 0.717) is 18.3 Å². The van der Waals surface area contributed by atoms with Gasteiger partial charge in [0.2, 0.25) is 6.43 Å². The molecule has 1 rings (SSSR count). The van der Waals surface area contributed by atoms with Gasteiger partial charge in [-0.15, -0.1) is 10.2 Å². The molecule has 1 aromatic rings. The van der Waals surface area contributed by atoms with Crippen LogP contribution in [0.15, 0.2) is 11.5 Å². The number of ether oxygens (including phenoxy) is 1. The molecule has 7 heteroatoms. The van der Waals surface area contributed by atoms with Crippen LogP contribution in [-0.2, 0) is 11.3 Å². The zero-order chi connectivity index (χ0) is 10.4. The minimum atomic E-state index is -2.33. The van der Waals surface area contributed by atoms with Crippen molar-refractivity contribution in [1.29, 1.82) is 0 Å². The average Bonchev–Trinajstić information content (AvgIpc) is 2.58. The first-order chi connectivity index (χ1) is 6.74. The lowest BCUT2D eigenvalue weighted by atomic mass is 10.7.